The third kappa shape index (κ3) is 2.42. The number of hydrogen-bond donors (Lipinski definition) is 2. The molecule has 0 amide bonds. The van der Waals surface area contributed by atoms with Gasteiger partial charge in [0.25, 0.3) is 0 Å². The Morgan fingerprint density at radius 3 is 2.68 bits per heavy atom. The SMILES string of the molecule is CC1(c2cc(=O)c(CN3CCNCC34CCCC4)c[nH]2)CC1. The van der Waals surface area contributed by atoms with Crippen molar-refractivity contribution in [2.24, 2.45) is 0 Å². The number of rotatable bonds is 3. The van der Waals surface area contributed by atoms with Gasteiger partial charge in [0.15, 0.2) is 5.43 Å². The monoisotopic (exact) mass is 301 g/mol. The van der Waals surface area contributed by atoms with Crippen LogP contribution in [0.2, 0.25) is 0 Å². The second-order valence-corrected chi connectivity index (χ2v) is 7.83. The van der Waals surface area contributed by atoms with E-state index < -0.39 is 0 Å². The summed E-state index contributed by atoms with van der Waals surface area (Å²) in [6, 6.07) is 1.85. The molecule has 2 heterocycles. The molecule has 1 saturated heterocycles. The number of aromatic nitrogens is 1. The van der Waals surface area contributed by atoms with E-state index in [-0.39, 0.29) is 10.8 Å². The highest BCUT2D eigenvalue weighted by atomic mass is 16.1. The van der Waals surface area contributed by atoms with E-state index in [4.69, 9.17) is 0 Å². The van der Waals surface area contributed by atoms with Crippen LogP contribution in [-0.4, -0.2) is 35.1 Å². The van der Waals surface area contributed by atoms with Crippen LogP contribution in [0.5, 0.6) is 0 Å². The van der Waals surface area contributed by atoms with Gasteiger partial charge in [0, 0.05) is 60.7 Å². The Labute approximate surface area is 132 Å². The second-order valence-electron chi connectivity index (χ2n) is 7.83. The molecular formula is C18H27N3O. The molecule has 0 unspecified atom stereocenters. The highest BCUT2D eigenvalue weighted by Gasteiger charge is 2.42. The Balaban J connectivity index is 1.56. The number of aromatic amines is 1. The standard InChI is InChI=1S/C18H27N3O/c1-17(6-7-17)16-10-15(22)14(11-20-16)12-21-9-8-19-13-18(21)4-2-3-5-18/h10-11,19H,2-9,12-13H2,1H3,(H,20,22). The van der Waals surface area contributed by atoms with E-state index in [9.17, 15) is 4.79 Å². The van der Waals surface area contributed by atoms with E-state index in [1.807, 2.05) is 12.3 Å². The molecule has 0 aromatic carbocycles. The lowest BCUT2D eigenvalue weighted by atomic mass is 9.92. The summed E-state index contributed by atoms with van der Waals surface area (Å²) < 4.78 is 0. The molecule has 22 heavy (non-hydrogen) atoms. The maximum atomic E-state index is 12.5. The molecule has 1 aromatic heterocycles. The lowest BCUT2D eigenvalue weighted by Gasteiger charge is -2.45. The number of nitrogens with zero attached hydrogens (tertiary/aromatic N) is 1. The van der Waals surface area contributed by atoms with Crippen LogP contribution in [0.3, 0.4) is 0 Å². The fraction of sp³-hybridized carbons (Fsp3) is 0.722. The maximum Gasteiger partial charge on any atom is 0.186 e. The summed E-state index contributed by atoms with van der Waals surface area (Å²) in [4.78, 5) is 18.5. The predicted octanol–water partition coefficient (Wildman–Crippen LogP) is 2.14. The third-order valence-corrected chi connectivity index (χ3v) is 6.22. The summed E-state index contributed by atoms with van der Waals surface area (Å²) >= 11 is 0. The first-order chi connectivity index (χ1) is 10.6. The van der Waals surface area contributed by atoms with Gasteiger partial charge in [-0.15, -0.1) is 0 Å². The van der Waals surface area contributed by atoms with Gasteiger partial charge in [-0.25, -0.2) is 0 Å². The van der Waals surface area contributed by atoms with Gasteiger partial charge in [0.1, 0.15) is 0 Å². The summed E-state index contributed by atoms with van der Waals surface area (Å²) in [5.41, 5.74) is 2.80. The summed E-state index contributed by atoms with van der Waals surface area (Å²) in [7, 11) is 0. The van der Waals surface area contributed by atoms with Crippen LogP contribution in [0.1, 0.15) is 56.7 Å². The van der Waals surface area contributed by atoms with Crippen LogP contribution in [0.25, 0.3) is 0 Å². The summed E-state index contributed by atoms with van der Waals surface area (Å²) in [6.07, 6.45) is 9.57. The average molecular weight is 301 g/mol. The van der Waals surface area contributed by atoms with E-state index in [1.54, 1.807) is 0 Å². The smallest absolute Gasteiger partial charge is 0.186 e. The molecule has 0 atom stereocenters. The Morgan fingerprint density at radius 1 is 1.23 bits per heavy atom. The summed E-state index contributed by atoms with van der Waals surface area (Å²) in [5.74, 6) is 0. The third-order valence-electron chi connectivity index (χ3n) is 6.22. The van der Waals surface area contributed by atoms with E-state index in [0.29, 0.717) is 5.54 Å². The topological polar surface area (TPSA) is 48.1 Å². The van der Waals surface area contributed by atoms with E-state index >= 15 is 0 Å². The van der Waals surface area contributed by atoms with Crippen molar-refractivity contribution in [3.05, 3.63) is 33.7 Å². The van der Waals surface area contributed by atoms with Gasteiger partial charge in [0.2, 0.25) is 0 Å². The molecule has 1 aliphatic heterocycles. The molecule has 2 N–H and O–H groups in total. The Morgan fingerprint density at radius 2 is 2.00 bits per heavy atom. The van der Waals surface area contributed by atoms with E-state index in [0.717, 1.165) is 37.4 Å². The largest absolute Gasteiger partial charge is 0.364 e. The molecule has 2 saturated carbocycles. The van der Waals surface area contributed by atoms with Gasteiger partial charge in [-0.3, -0.25) is 9.69 Å². The number of hydrogen-bond acceptors (Lipinski definition) is 3. The first-order valence-electron chi connectivity index (χ1n) is 8.79. The van der Waals surface area contributed by atoms with Crippen molar-refractivity contribution in [3.63, 3.8) is 0 Å². The zero-order valence-corrected chi connectivity index (χ0v) is 13.6. The molecule has 3 fully saturated rings. The Hall–Kier alpha value is -1.13. The molecular weight excluding hydrogens is 274 g/mol. The van der Waals surface area contributed by atoms with Crippen molar-refractivity contribution in [2.45, 2.75) is 62.9 Å². The highest BCUT2D eigenvalue weighted by molar-refractivity contribution is 5.25. The number of nitrogens with one attached hydrogen (secondary N) is 2. The normalized spacial score (nSPS) is 26.4. The Kier molecular flexibility index (Phi) is 3.42. The fourth-order valence-electron chi connectivity index (χ4n) is 4.29. The minimum atomic E-state index is 0.216. The maximum absolute atomic E-state index is 12.5. The minimum Gasteiger partial charge on any atom is -0.364 e. The molecule has 4 heteroatoms. The molecule has 0 bridgehead atoms. The van der Waals surface area contributed by atoms with Gasteiger partial charge in [-0.2, -0.15) is 0 Å². The van der Waals surface area contributed by atoms with Crippen LogP contribution < -0.4 is 10.7 Å². The van der Waals surface area contributed by atoms with E-state index in [2.05, 4.69) is 22.1 Å². The van der Waals surface area contributed by atoms with Crippen LogP contribution in [-0.2, 0) is 12.0 Å². The van der Waals surface area contributed by atoms with Gasteiger partial charge in [-0.1, -0.05) is 19.8 Å². The summed E-state index contributed by atoms with van der Waals surface area (Å²) in [6.45, 7) is 6.21. The molecule has 1 spiro atoms. The van der Waals surface area contributed by atoms with Crippen LogP contribution in [0.15, 0.2) is 17.1 Å². The van der Waals surface area contributed by atoms with Gasteiger partial charge < -0.3 is 10.3 Å². The second kappa shape index (κ2) is 5.20. The zero-order chi connectivity index (χ0) is 15.2. The first kappa shape index (κ1) is 14.5. The van der Waals surface area contributed by atoms with Crippen molar-refractivity contribution in [3.8, 4) is 0 Å². The Bertz CT molecular complexity index is 611. The van der Waals surface area contributed by atoms with Crippen molar-refractivity contribution in [1.29, 1.82) is 0 Å². The summed E-state index contributed by atoms with van der Waals surface area (Å²) in [5, 5.41) is 3.56. The molecule has 0 radical (unpaired) electrons. The molecule has 1 aromatic rings. The van der Waals surface area contributed by atoms with E-state index in [1.165, 1.54) is 38.5 Å². The van der Waals surface area contributed by atoms with Crippen LogP contribution in [0, 0.1) is 0 Å². The number of pyridine rings is 1. The lowest BCUT2D eigenvalue weighted by Crippen LogP contribution is -2.59. The number of H-pyrrole nitrogens is 1. The first-order valence-corrected chi connectivity index (χ1v) is 8.79. The quantitative estimate of drug-likeness (QED) is 0.899. The van der Waals surface area contributed by atoms with Crippen molar-refractivity contribution in [1.82, 2.24) is 15.2 Å². The highest BCUT2D eigenvalue weighted by Crippen LogP contribution is 2.46. The zero-order valence-electron chi connectivity index (χ0n) is 13.6. The molecule has 120 valence electrons. The van der Waals surface area contributed by atoms with Gasteiger partial charge in [0.05, 0.1) is 0 Å². The molecule has 4 nitrogen and oxygen atoms in total. The minimum absolute atomic E-state index is 0.216. The lowest BCUT2D eigenvalue weighted by molar-refractivity contribution is 0.0569. The van der Waals surface area contributed by atoms with Gasteiger partial charge in [-0.05, 0) is 25.7 Å². The number of piperazine rings is 1. The molecule has 4 rings (SSSR count). The van der Waals surface area contributed by atoms with Crippen molar-refractivity contribution >= 4 is 0 Å². The van der Waals surface area contributed by atoms with Crippen molar-refractivity contribution < 1.29 is 0 Å². The van der Waals surface area contributed by atoms with Gasteiger partial charge >= 0.3 is 0 Å². The fourth-order valence-corrected chi connectivity index (χ4v) is 4.29. The molecule has 2 aliphatic carbocycles. The van der Waals surface area contributed by atoms with Crippen molar-refractivity contribution in [2.75, 3.05) is 19.6 Å². The van der Waals surface area contributed by atoms with Crippen LogP contribution in [0.4, 0.5) is 0 Å². The predicted molar refractivity (Wildman–Crippen MR) is 88.1 cm³/mol. The van der Waals surface area contributed by atoms with Crippen LogP contribution >= 0.6 is 0 Å². The molecule has 3 aliphatic rings. The average Bonchev–Trinajstić information content (AvgIpc) is 3.10.